The van der Waals surface area contributed by atoms with Crippen LogP contribution in [0.2, 0.25) is 0 Å². The van der Waals surface area contributed by atoms with Crippen LogP contribution in [0.15, 0.2) is 24.3 Å². The molecule has 1 atom stereocenters. The number of benzene rings is 1. The van der Waals surface area contributed by atoms with E-state index in [0.29, 0.717) is 13.0 Å². The molecule has 102 valence electrons. The molecule has 1 unspecified atom stereocenters. The van der Waals surface area contributed by atoms with E-state index in [0.717, 1.165) is 29.7 Å². The molecule has 1 aromatic heterocycles. The van der Waals surface area contributed by atoms with Crippen LogP contribution in [0.5, 0.6) is 0 Å². The van der Waals surface area contributed by atoms with Crippen molar-refractivity contribution in [2.24, 2.45) is 5.73 Å². The fourth-order valence-corrected chi connectivity index (χ4v) is 2.36. The zero-order chi connectivity index (χ0) is 13.8. The SMILES string of the molecule is CCCc1nc2ccccc2n1C(CCN)C(=O)O. The number of nitrogens with zero attached hydrogens (tertiary/aromatic N) is 2. The van der Waals surface area contributed by atoms with Gasteiger partial charge in [-0.3, -0.25) is 0 Å². The summed E-state index contributed by atoms with van der Waals surface area (Å²) in [5.41, 5.74) is 7.25. The lowest BCUT2D eigenvalue weighted by molar-refractivity contribution is -0.141. The van der Waals surface area contributed by atoms with Crippen molar-refractivity contribution >= 4 is 17.0 Å². The first-order chi connectivity index (χ1) is 9.19. The Morgan fingerprint density at radius 1 is 1.47 bits per heavy atom. The normalized spacial score (nSPS) is 12.7. The van der Waals surface area contributed by atoms with Gasteiger partial charge in [0.2, 0.25) is 0 Å². The number of fused-ring (bicyclic) bond motifs is 1. The van der Waals surface area contributed by atoms with E-state index in [2.05, 4.69) is 11.9 Å². The lowest BCUT2D eigenvalue weighted by Crippen LogP contribution is -2.23. The standard InChI is InChI=1S/C14H19N3O2/c1-2-5-13-16-10-6-3-4-7-11(10)17(13)12(8-9-15)14(18)19/h3-4,6-7,12H,2,5,8-9,15H2,1H3,(H,18,19). The van der Waals surface area contributed by atoms with E-state index in [1.165, 1.54) is 0 Å². The van der Waals surface area contributed by atoms with Gasteiger partial charge in [0.15, 0.2) is 0 Å². The van der Waals surface area contributed by atoms with Gasteiger partial charge >= 0.3 is 5.97 Å². The van der Waals surface area contributed by atoms with Gasteiger partial charge in [-0.2, -0.15) is 0 Å². The molecule has 1 heterocycles. The zero-order valence-electron chi connectivity index (χ0n) is 11.0. The van der Waals surface area contributed by atoms with Crippen molar-refractivity contribution in [2.75, 3.05) is 6.54 Å². The summed E-state index contributed by atoms with van der Waals surface area (Å²) in [6.07, 6.45) is 2.10. The van der Waals surface area contributed by atoms with Gasteiger partial charge in [-0.05, 0) is 31.5 Å². The number of carboxylic acid groups (broad SMARTS) is 1. The molecule has 2 aromatic rings. The average Bonchev–Trinajstić information content (AvgIpc) is 2.74. The van der Waals surface area contributed by atoms with Crippen LogP contribution in [0, 0.1) is 0 Å². The van der Waals surface area contributed by atoms with E-state index in [-0.39, 0.29) is 0 Å². The largest absolute Gasteiger partial charge is 0.480 e. The number of aliphatic carboxylic acids is 1. The first-order valence-corrected chi connectivity index (χ1v) is 6.57. The molecule has 3 N–H and O–H groups in total. The maximum atomic E-state index is 11.5. The van der Waals surface area contributed by atoms with E-state index in [4.69, 9.17) is 5.73 Å². The third kappa shape index (κ3) is 2.61. The second-order valence-electron chi connectivity index (χ2n) is 4.57. The van der Waals surface area contributed by atoms with E-state index >= 15 is 0 Å². The quantitative estimate of drug-likeness (QED) is 0.833. The van der Waals surface area contributed by atoms with E-state index in [1.807, 2.05) is 28.8 Å². The molecule has 0 saturated heterocycles. The molecule has 0 fully saturated rings. The average molecular weight is 261 g/mol. The van der Waals surface area contributed by atoms with Crippen LogP contribution in [0.1, 0.15) is 31.6 Å². The molecule has 0 aliphatic carbocycles. The minimum Gasteiger partial charge on any atom is -0.480 e. The number of carboxylic acids is 1. The van der Waals surface area contributed by atoms with Gasteiger partial charge in [0.05, 0.1) is 11.0 Å². The number of imidazole rings is 1. The Kier molecular flexibility index (Phi) is 4.16. The molecule has 0 bridgehead atoms. The molecule has 0 aliphatic rings. The number of rotatable bonds is 6. The van der Waals surface area contributed by atoms with Crippen LogP contribution in [0.4, 0.5) is 0 Å². The highest BCUT2D eigenvalue weighted by Crippen LogP contribution is 2.24. The van der Waals surface area contributed by atoms with Crippen molar-refractivity contribution < 1.29 is 9.90 Å². The minimum absolute atomic E-state index is 0.342. The molecule has 5 nitrogen and oxygen atoms in total. The Labute approximate surface area is 112 Å². The molecular weight excluding hydrogens is 242 g/mol. The monoisotopic (exact) mass is 261 g/mol. The number of carbonyl (C=O) groups is 1. The molecule has 2 rings (SSSR count). The third-order valence-corrected chi connectivity index (χ3v) is 3.18. The third-order valence-electron chi connectivity index (χ3n) is 3.18. The molecule has 19 heavy (non-hydrogen) atoms. The fourth-order valence-electron chi connectivity index (χ4n) is 2.36. The Bertz CT molecular complexity index is 577. The highest BCUT2D eigenvalue weighted by Gasteiger charge is 2.23. The molecule has 1 aromatic carbocycles. The summed E-state index contributed by atoms with van der Waals surface area (Å²) >= 11 is 0. The number of para-hydroxylation sites is 2. The van der Waals surface area contributed by atoms with E-state index < -0.39 is 12.0 Å². The topological polar surface area (TPSA) is 81.1 Å². The molecule has 0 aliphatic heterocycles. The molecule has 0 saturated carbocycles. The van der Waals surface area contributed by atoms with Gasteiger partial charge in [-0.15, -0.1) is 0 Å². The Morgan fingerprint density at radius 2 is 2.21 bits per heavy atom. The Morgan fingerprint density at radius 3 is 2.84 bits per heavy atom. The molecule has 0 radical (unpaired) electrons. The number of hydrogen-bond acceptors (Lipinski definition) is 3. The zero-order valence-corrected chi connectivity index (χ0v) is 11.0. The predicted octanol–water partition coefficient (Wildman–Crippen LogP) is 1.96. The maximum absolute atomic E-state index is 11.5. The van der Waals surface area contributed by atoms with Gasteiger partial charge in [0.1, 0.15) is 11.9 Å². The van der Waals surface area contributed by atoms with Gasteiger partial charge < -0.3 is 15.4 Å². The van der Waals surface area contributed by atoms with Crippen LogP contribution in [-0.4, -0.2) is 27.2 Å². The summed E-state index contributed by atoms with van der Waals surface area (Å²) in [4.78, 5) is 16.0. The lowest BCUT2D eigenvalue weighted by Gasteiger charge is -2.17. The number of nitrogens with two attached hydrogens (primary N) is 1. The maximum Gasteiger partial charge on any atom is 0.326 e. The summed E-state index contributed by atoms with van der Waals surface area (Å²) < 4.78 is 1.83. The number of aryl methyl sites for hydroxylation is 1. The molecular formula is C14H19N3O2. The minimum atomic E-state index is -0.856. The summed E-state index contributed by atoms with van der Waals surface area (Å²) in [6.45, 7) is 2.40. The first-order valence-electron chi connectivity index (χ1n) is 6.57. The van der Waals surface area contributed by atoms with Gasteiger partial charge in [0.25, 0.3) is 0 Å². The highest BCUT2D eigenvalue weighted by molar-refractivity contribution is 5.80. The summed E-state index contributed by atoms with van der Waals surface area (Å²) in [6, 6.07) is 6.99. The molecule has 0 spiro atoms. The van der Waals surface area contributed by atoms with Crippen LogP contribution in [0.3, 0.4) is 0 Å². The van der Waals surface area contributed by atoms with E-state index in [1.54, 1.807) is 0 Å². The first kappa shape index (κ1) is 13.5. The van der Waals surface area contributed by atoms with E-state index in [9.17, 15) is 9.90 Å². The second-order valence-corrected chi connectivity index (χ2v) is 4.57. The summed E-state index contributed by atoms with van der Waals surface area (Å²) in [5, 5.41) is 9.42. The van der Waals surface area contributed by atoms with Crippen molar-refractivity contribution in [3.05, 3.63) is 30.1 Å². The van der Waals surface area contributed by atoms with Crippen molar-refractivity contribution in [3.63, 3.8) is 0 Å². The fraction of sp³-hybridized carbons (Fsp3) is 0.429. The summed E-state index contributed by atoms with van der Waals surface area (Å²) in [7, 11) is 0. The Balaban J connectivity index is 2.59. The van der Waals surface area contributed by atoms with Crippen LogP contribution in [0.25, 0.3) is 11.0 Å². The van der Waals surface area contributed by atoms with Crippen molar-refractivity contribution in [1.82, 2.24) is 9.55 Å². The molecule has 5 heteroatoms. The lowest BCUT2D eigenvalue weighted by atomic mass is 10.2. The van der Waals surface area contributed by atoms with Crippen LogP contribution in [-0.2, 0) is 11.2 Å². The predicted molar refractivity (Wildman–Crippen MR) is 74.1 cm³/mol. The summed E-state index contributed by atoms with van der Waals surface area (Å²) in [5.74, 6) is -0.0319. The second kappa shape index (κ2) is 5.84. The number of hydrogen-bond donors (Lipinski definition) is 2. The van der Waals surface area contributed by atoms with Crippen molar-refractivity contribution in [3.8, 4) is 0 Å². The van der Waals surface area contributed by atoms with Gasteiger partial charge in [-0.1, -0.05) is 19.1 Å². The van der Waals surface area contributed by atoms with Crippen LogP contribution < -0.4 is 5.73 Å². The van der Waals surface area contributed by atoms with Crippen molar-refractivity contribution in [1.29, 1.82) is 0 Å². The smallest absolute Gasteiger partial charge is 0.326 e. The highest BCUT2D eigenvalue weighted by atomic mass is 16.4. The molecule has 0 amide bonds. The number of aromatic nitrogens is 2. The van der Waals surface area contributed by atoms with Crippen molar-refractivity contribution in [2.45, 2.75) is 32.2 Å². The van der Waals surface area contributed by atoms with Gasteiger partial charge in [0, 0.05) is 6.42 Å². The van der Waals surface area contributed by atoms with Crippen LogP contribution >= 0.6 is 0 Å². The van der Waals surface area contributed by atoms with Gasteiger partial charge in [-0.25, -0.2) is 9.78 Å². The Hall–Kier alpha value is -1.88.